The molecule has 0 saturated carbocycles. The second-order valence-corrected chi connectivity index (χ2v) is 8.69. The average molecular weight is 437 g/mol. The Kier molecular flexibility index (Phi) is 6.91. The summed E-state index contributed by atoms with van der Waals surface area (Å²) in [6, 6.07) is 9.87. The quantitative estimate of drug-likeness (QED) is 0.711. The van der Waals surface area contributed by atoms with Crippen molar-refractivity contribution in [1.82, 2.24) is 9.21 Å². The number of piperazine rings is 1. The number of hydrogen-bond donors (Lipinski definition) is 1. The fourth-order valence-electron chi connectivity index (χ4n) is 3.19. The monoisotopic (exact) mass is 437 g/mol. The summed E-state index contributed by atoms with van der Waals surface area (Å²) in [5, 5.41) is 2.80. The number of ether oxygens (including phenoxy) is 2. The van der Waals surface area contributed by atoms with Crippen molar-refractivity contribution in [2.24, 2.45) is 0 Å². The maximum absolute atomic E-state index is 13.1. The zero-order chi connectivity index (χ0) is 21.7. The number of carbonyl (C=O) groups excluding carboxylic acids is 1. The number of anilines is 1. The molecule has 162 valence electrons. The first kappa shape index (κ1) is 22.0. The van der Waals surface area contributed by atoms with Crippen LogP contribution in [0.1, 0.15) is 0 Å². The fraction of sp³-hybridized carbons (Fsp3) is 0.350. The normalized spacial score (nSPS) is 15.6. The van der Waals surface area contributed by atoms with E-state index >= 15 is 0 Å². The van der Waals surface area contributed by atoms with E-state index in [1.165, 1.54) is 30.7 Å². The van der Waals surface area contributed by atoms with Gasteiger partial charge in [0.05, 0.1) is 31.3 Å². The van der Waals surface area contributed by atoms with Crippen LogP contribution >= 0.6 is 0 Å². The number of amides is 1. The molecule has 0 aliphatic carbocycles. The van der Waals surface area contributed by atoms with Crippen molar-refractivity contribution >= 4 is 21.6 Å². The zero-order valence-corrected chi connectivity index (χ0v) is 17.6. The van der Waals surface area contributed by atoms with Crippen molar-refractivity contribution in [3.63, 3.8) is 0 Å². The Morgan fingerprint density at radius 2 is 1.70 bits per heavy atom. The molecule has 0 atom stereocenters. The van der Waals surface area contributed by atoms with E-state index in [1.807, 2.05) is 4.90 Å². The van der Waals surface area contributed by atoms with Gasteiger partial charge in [0.25, 0.3) is 0 Å². The highest BCUT2D eigenvalue weighted by molar-refractivity contribution is 7.89. The molecule has 0 radical (unpaired) electrons. The molecule has 0 unspecified atom stereocenters. The van der Waals surface area contributed by atoms with Crippen LogP contribution in [0.5, 0.6) is 11.5 Å². The number of carbonyl (C=O) groups is 1. The number of halogens is 1. The molecule has 10 heteroatoms. The van der Waals surface area contributed by atoms with Crippen molar-refractivity contribution < 1.29 is 27.1 Å². The molecule has 0 bridgehead atoms. The van der Waals surface area contributed by atoms with E-state index in [9.17, 15) is 17.6 Å². The van der Waals surface area contributed by atoms with Gasteiger partial charge in [0.15, 0.2) is 0 Å². The number of sulfonamides is 1. The summed E-state index contributed by atoms with van der Waals surface area (Å²) >= 11 is 0. The molecule has 1 aliphatic heterocycles. The average Bonchev–Trinajstić information content (AvgIpc) is 2.74. The van der Waals surface area contributed by atoms with Crippen LogP contribution in [0.15, 0.2) is 47.4 Å². The minimum absolute atomic E-state index is 0.0558. The third-order valence-corrected chi connectivity index (χ3v) is 6.74. The van der Waals surface area contributed by atoms with Crippen LogP contribution in [0, 0.1) is 5.82 Å². The highest BCUT2D eigenvalue weighted by Crippen LogP contribution is 2.28. The minimum Gasteiger partial charge on any atom is -0.497 e. The fourth-order valence-corrected chi connectivity index (χ4v) is 4.61. The SMILES string of the molecule is COc1ccc(OC)c(NC(=O)CN2CCN(S(=O)(=O)c3ccc(F)cc3)CC2)c1. The van der Waals surface area contributed by atoms with E-state index in [1.54, 1.807) is 18.2 Å². The van der Waals surface area contributed by atoms with Crippen LogP contribution in [-0.4, -0.2) is 70.5 Å². The van der Waals surface area contributed by atoms with Gasteiger partial charge in [0, 0.05) is 32.2 Å². The topological polar surface area (TPSA) is 88.2 Å². The Hall–Kier alpha value is -2.69. The number of methoxy groups -OCH3 is 2. The second kappa shape index (κ2) is 9.41. The molecule has 30 heavy (non-hydrogen) atoms. The molecule has 1 N–H and O–H groups in total. The molecular weight excluding hydrogens is 413 g/mol. The highest BCUT2D eigenvalue weighted by atomic mass is 32.2. The number of nitrogens with one attached hydrogen (secondary N) is 1. The lowest BCUT2D eigenvalue weighted by molar-refractivity contribution is -0.117. The van der Waals surface area contributed by atoms with E-state index in [0.29, 0.717) is 30.3 Å². The molecule has 1 amide bonds. The van der Waals surface area contributed by atoms with Crippen molar-refractivity contribution in [3.8, 4) is 11.5 Å². The third kappa shape index (κ3) is 5.07. The predicted molar refractivity (Wildman–Crippen MR) is 110 cm³/mol. The lowest BCUT2D eigenvalue weighted by Gasteiger charge is -2.33. The Balaban J connectivity index is 1.57. The summed E-state index contributed by atoms with van der Waals surface area (Å²) in [4.78, 5) is 14.4. The van der Waals surface area contributed by atoms with Crippen LogP contribution in [0.4, 0.5) is 10.1 Å². The Labute approximate surface area is 175 Å². The van der Waals surface area contributed by atoms with E-state index in [4.69, 9.17) is 9.47 Å². The van der Waals surface area contributed by atoms with E-state index < -0.39 is 15.8 Å². The minimum atomic E-state index is -3.69. The lowest BCUT2D eigenvalue weighted by Crippen LogP contribution is -2.50. The van der Waals surface area contributed by atoms with Gasteiger partial charge in [-0.05, 0) is 36.4 Å². The van der Waals surface area contributed by atoms with Gasteiger partial charge in [-0.3, -0.25) is 9.69 Å². The van der Waals surface area contributed by atoms with E-state index in [-0.39, 0.29) is 30.4 Å². The lowest BCUT2D eigenvalue weighted by atomic mass is 10.2. The van der Waals surface area contributed by atoms with Gasteiger partial charge in [-0.15, -0.1) is 0 Å². The first-order valence-corrected chi connectivity index (χ1v) is 10.8. The van der Waals surface area contributed by atoms with Gasteiger partial charge in [0.2, 0.25) is 15.9 Å². The number of nitrogens with zero attached hydrogens (tertiary/aromatic N) is 2. The van der Waals surface area contributed by atoms with Crippen LogP contribution in [0.25, 0.3) is 0 Å². The molecule has 3 rings (SSSR count). The molecule has 1 fully saturated rings. The smallest absolute Gasteiger partial charge is 0.243 e. The second-order valence-electron chi connectivity index (χ2n) is 6.75. The van der Waals surface area contributed by atoms with Crippen LogP contribution < -0.4 is 14.8 Å². The summed E-state index contributed by atoms with van der Waals surface area (Å²) in [6.07, 6.45) is 0. The highest BCUT2D eigenvalue weighted by Gasteiger charge is 2.29. The van der Waals surface area contributed by atoms with Gasteiger partial charge in [-0.25, -0.2) is 12.8 Å². The summed E-state index contributed by atoms with van der Waals surface area (Å²) in [6.45, 7) is 1.42. The Morgan fingerprint density at radius 3 is 2.30 bits per heavy atom. The summed E-state index contributed by atoms with van der Waals surface area (Å²) in [7, 11) is -0.640. The maximum atomic E-state index is 13.1. The molecule has 1 saturated heterocycles. The predicted octanol–water partition coefficient (Wildman–Crippen LogP) is 1.79. The first-order valence-electron chi connectivity index (χ1n) is 9.33. The van der Waals surface area contributed by atoms with Gasteiger partial charge >= 0.3 is 0 Å². The third-order valence-electron chi connectivity index (χ3n) is 4.83. The molecule has 0 aromatic heterocycles. The largest absolute Gasteiger partial charge is 0.497 e. The van der Waals surface area contributed by atoms with Crippen molar-refractivity contribution in [2.45, 2.75) is 4.90 Å². The molecule has 8 nitrogen and oxygen atoms in total. The van der Waals surface area contributed by atoms with Crippen molar-refractivity contribution in [2.75, 3.05) is 52.3 Å². The van der Waals surface area contributed by atoms with Crippen LogP contribution in [0.3, 0.4) is 0 Å². The van der Waals surface area contributed by atoms with Crippen molar-refractivity contribution in [3.05, 3.63) is 48.3 Å². The zero-order valence-electron chi connectivity index (χ0n) is 16.8. The Morgan fingerprint density at radius 1 is 1.03 bits per heavy atom. The molecular formula is C20H24FN3O5S. The summed E-state index contributed by atoms with van der Waals surface area (Å²) in [5.41, 5.74) is 0.499. The molecule has 1 aliphatic rings. The number of rotatable bonds is 7. The molecule has 2 aromatic carbocycles. The molecule has 0 spiro atoms. The van der Waals surface area contributed by atoms with Crippen LogP contribution in [-0.2, 0) is 14.8 Å². The Bertz CT molecular complexity index is 990. The van der Waals surface area contributed by atoms with Gasteiger partial charge in [0.1, 0.15) is 17.3 Å². The molecule has 1 heterocycles. The molecule has 2 aromatic rings. The van der Waals surface area contributed by atoms with E-state index in [2.05, 4.69) is 5.32 Å². The maximum Gasteiger partial charge on any atom is 0.243 e. The van der Waals surface area contributed by atoms with Gasteiger partial charge in [-0.1, -0.05) is 0 Å². The standard InChI is InChI=1S/C20H24FN3O5S/c1-28-16-5-8-19(29-2)18(13-16)22-20(25)14-23-9-11-24(12-10-23)30(26,27)17-6-3-15(21)4-7-17/h3-8,13H,9-12,14H2,1-2H3,(H,22,25). The van der Waals surface area contributed by atoms with Crippen LogP contribution in [0.2, 0.25) is 0 Å². The van der Waals surface area contributed by atoms with Gasteiger partial charge in [-0.2, -0.15) is 4.31 Å². The van der Waals surface area contributed by atoms with E-state index in [0.717, 1.165) is 12.1 Å². The number of benzene rings is 2. The summed E-state index contributed by atoms with van der Waals surface area (Å²) in [5.74, 6) is 0.374. The number of hydrogen-bond acceptors (Lipinski definition) is 6. The first-order chi connectivity index (χ1) is 14.3. The van der Waals surface area contributed by atoms with Crippen molar-refractivity contribution in [1.29, 1.82) is 0 Å². The van der Waals surface area contributed by atoms with Gasteiger partial charge < -0.3 is 14.8 Å². The summed E-state index contributed by atoms with van der Waals surface area (Å²) < 4.78 is 50.2.